The highest BCUT2D eigenvalue weighted by molar-refractivity contribution is 7.92. The number of unbranched alkanes of at least 4 members (excludes halogenated alkanes) is 1. The minimum atomic E-state index is -3.31. The summed E-state index contributed by atoms with van der Waals surface area (Å²) in [7, 11) is -3.31. The summed E-state index contributed by atoms with van der Waals surface area (Å²) in [5.41, 5.74) is 0. The van der Waals surface area contributed by atoms with Gasteiger partial charge in [0, 0.05) is 26.2 Å². The molecule has 0 spiro atoms. The molecular formula is C13H21N3O3S2. The Morgan fingerprint density at radius 2 is 2.10 bits per heavy atom. The number of hydrogen-bond acceptors (Lipinski definition) is 5. The summed E-state index contributed by atoms with van der Waals surface area (Å²) >= 11 is 1.19. The Kier molecular flexibility index (Phi) is 5.60. The molecule has 1 saturated heterocycles. The van der Waals surface area contributed by atoms with Gasteiger partial charge < -0.3 is 10.2 Å². The number of carbonyl (C=O) groups is 1. The van der Waals surface area contributed by atoms with Gasteiger partial charge in [0.25, 0.3) is 5.91 Å². The van der Waals surface area contributed by atoms with Crippen molar-refractivity contribution in [3.05, 3.63) is 17.0 Å². The Morgan fingerprint density at radius 3 is 2.76 bits per heavy atom. The van der Waals surface area contributed by atoms with Gasteiger partial charge in [-0.05, 0) is 18.6 Å². The molecule has 2 heterocycles. The smallest absolute Gasteiger partial charge is 0.264 e. The summed E-state index contributed by atoms with van der Waals surface area (Å²) in [6.07, 6.45) is 1.46. The van der Waals surface area contributed by atoms with Crippen LogP contribution < -0.4 is 10.0 Å². The SMILES string of the molecule is CCCCS(=O)(=O)Nc1ccc(C(=O)N2CCNCC2)s1. The molecule has 2 rings (SSSR count). The predicted molar refractivity (Wildman–Crippen MR) is 85.4 cm³/mol. The maximum atomic E-state index is 12.3. The van der Waals surface area contributed by atoms with E-state index in [-0.39, 0.29) is 11.7 Å². The lowest BCUT2D eigenvalue weighted by molar-refractivity contribution is 0.0740. The average Bonchev–Trinajstić information content (AvgIpc) is 2.93. The van der Waals surface area contributed by atoms with Crippen molar-refractivity contribution in [3.63, 3.8) is 0 Å². The summed E-state index contributed by atoms with van der Waals surface area (Å²) in [6.45, 7) is 4.93. The molecule has 1 amide bonds. The van der Waals surface area contributed by atoms with Crippen molar-refractivity contribution in [2.75, 3.05) is 36.7 Å². The summed E-state index contributed by atoms with van der Waals surface area (Å²) in [5, 5.41) is 3.70. The molecule has 1 aromatic rings. The number of rotatable bonds is 6. The Labute approximate surface area is 129 Å². The molecule has 21 heavy (non-hydrogen) atoms. The second-order valence-corrected chi connectivity index (χ2v) is 7.91. The number of thiophene rings is 1. The lowest BCUT2D eigenvalue weighted by Gasteiger charge is -2.26. The molecule has 118 valence electrons. The van der Waals surface area contributed by atoms with Gasteiger partial charge in [-0.1, -0.05) is 13.3 Å². The van der Waals surface area contributed by atoms with Gasteiger partial charge in [0.15, 0.2) is 0 Å². The first-order valence-electron chi connectivity index (χ1n) is 7.12. The van der Waals surface area contributed by atoms with E-state index in [1.165, 1.54) is 11.3 Å². The molecule has 0 unspecified atom stereocenters. The molecule has 6 nitrogen and oxygen atoms in total. The first-order chi connectivity index (χ1) is 10.0. The van der Waals surface area contributed by atoms with Gasteiger partial charge in [0.2, 0.25) is 10.0 Å². The number of nitrogens with zero attached hydrogens (tertiary/aromatic N) is 1. The predicted octanol–water partition coefficient (Wildman–Crippen LogP) is 1.34. The number of anilines is 1. The lowest BCUT2D eigenvalue weighted by Crippen LogP contribution is -2.46. The van der Waals surface area contributed by atoms with E-state index < -0.39 is 10.0 Å². The monoisotopic (exact) mass is 331 g/mol. The van der Waals surface area contributed by atoms with Crippen molar-refractivity contribution in [2.24, 2.45) is 0 Å². The van der Waals surface area contributed by atoms with E-state index in [0.29, 0.717) is 29.4 Å². The number of nitrogens with one attached hydrogen (secondary N) is 2. The summed E-state index contributed by atoms with van der Waals surface area (Å²) in [5.74, 6) is 0.0863. The first-order valence-corrected chi connectivity index (χ1v) is 9.59. The number of hydrogen-bond donors (Lipinski definition) is 2. The van der Waals surface area contributed by atoms with Crippen LogP contribution in [-0.4, -0.2) is 51.2 Å². The van der Waals surface area contributed by atoms with Crippen LogP contribution in [0.2, 0.25) is 0 Å². The van der Waals surface area contributed by atoms with Crippen molar-refractivity contribution >= 4 is 32.3 Å². The molecule has 0 radical (unpaired) electrons. The lowest BCUT2D eigenvalue weighted by atomic mass is 10.3. The first kappa shape index (κ1) is 16.3. The van der Waals surface area contributed by atoms with Gasteiger partial charge in [0.05, 0.1) is 10.6 Å². The standard InChI is InChI=1S/C13H21N3O3S2/c1-2-3-10-21(18,19)15-12-5-4-11(20-12)13(17)16-8-6-14-7-9-16/h4-5,14-15H,2-3,6-10H2,1H3. The molecular weight excluding hydrogens is 310 g/mol. The highest BCUT2D eigenvalue weighted by atomic mass is 32.2. The summed E-state index contributed by atoms with van der Waals surface area (Å²) in [6, 6.07) is 3.34. The molecule has 1 aliphatic rings. The zero-order valence-electron chi connectivity index (χ0n) is 12.1. The highest BCUT2D eigenvalue weighted by Crippen LogP contribution is 2.24. The largest absolute Gasteiger partial charge is 0.335 e. The van der Waals surface area contributed by atoms with E-state index >= 15 is 0 Å². The van der Waals surface area contributed by atoms with Crippen LogP contribution in [0.15, 0.2) is 12.1 Å². The van der Waals surface area contributed by atoms with Crippen LogP contribution in [-0.2, 0) is 10.0 Å². The molecule has 0 aromatic carbocycles. The van der Waals surface area contributed by atoms with E-state index in [4.69, 9.17) is 0 Å². The number of piperazine rings is 1. The molecule has 1 fully saturated rings. The van der Waals surface area contributed by atoms with Crippen molar-refractivity contribution in [1.82, 2.24) is 10.2 Å². The zero-order chi connectivity index (χ0) is 15.3. The summed E-state index contributed by atoms with van der Waals surface area (Å²) < 4.78 is 26.2. The maximum Gasteiger partial charge on any atom is 0.264 e. The zero-order valence-corrected chi connectivity index (χ0v) is 13.7. The maximum absolute atomic E-state index is 12.3. The fourth-order valence-corrected chi connectivity index (χ4v) is 4.49. The Hall–Kier alpha value is -1.12. The highest BCUT2D eigenvalue weighted by Gasteiger charge is 2.20. The van der Waals surface area contributed by atoms with Gasteiger partial charge in [-0.15, -0.1) is 11.3 Å². The third-order valence-corrected chi connectivity index (χ3v) is 5.72. The van der Waals surface area contributed by atoms with Crippen molar-refractivity contribution in [2.45, 2.75) is 19.8 Å². The van der Waals surface area contributed by atoms with E-state index in [1.54, 1.807) is 17.0 Å². The van der Waals surface area contributed by atoms with Gasteiger partial charge in [-0.3, -0.25) is 9.52 Å². The van der Waals surface area contributed by atoms with E-state index in [1.807, 2.05) is 6.92 Å². The van der Waals surface area contributed by atoms with Crippen LogP contribution in [0.4, 0.5) is 5.00 Å². The molecule has 2 N–H and O–H groups in total. The third kappa shape index (κ3) is 4.69. The topological polar surface area (TPSA) is 78.5 Å². The summed E-state index contributed by atoms with van der Waals surface area (Å²) in [4.78, 5) is 14.6. The van der Waals surface area contributed by atoms with Gasteiger partial charge in [0.1, 0.15) is 5.00 Å². The van der Waals surface area contributed by atoms with Crippen LogP contribution in [0, 0.1) is 0 Å². The van der Waals surface area contributed by atoms with Gasteiger partial charge in [-0.2, -0.15) is 0 Å². The van der Waals surface area contributed by atoms with Crippen LogP contribution >= 0.6 is 11.3 Å². The normalized spacial score (nSPS) is 16.0. The number of amides is 1. The average molecular weight is 331 g/mol. The van der Waals surface area contributed by atoms with E-state index in [2.05, 4.69) is 10.0 Å². The fraction of sp³-hybridized carbons (Fsp3) is 0.615. The minimum absolute atomic E-state index is 0.0273. The second-order valence-electron chi connectivity index (χ2n) is 4.98. The van der Waals surface area contributed by atoms with Crippen molar-refractivity contribution in [3.8, 4) is 0 Å². The minimum Gasteiger partial charge on any atom is -0.335 e. The van der Waals surface area contributed by atoms with Crippen LogP contribution in [0.1, 0.15) is 29.4 Å². The van der Waals surface area contributed by atoms with Crippen LogP contribution in [0.3, 0.4) is 0 Å². The Morgan fingerprint density at radius 1 is 1.38 bits per heavy atom. The number of carbonyl (C=O) groups excluding carboxylic acids is 1. The van der Waals surface area contributed by atoms with Gasteiger partial charge in [-0.25, -0.2) is 8.42 Å². The molecule has 1 aliphatic heterocycles. The van der Waals surface area contributed by atoms with Crippen molar-refractivity contribution in [1.29, 1.82) is 0 Å². The molecule has 8 heteroatoms. The Bertz CT molecular complexity index is 577. The quantitative estimate of drug-likeness (QED) is 0.824. The molecule has 0 aliphatic carbocycles. The Balaban J connectivity index is 1.99. The number of sulfonamides is 1. The van der Waals surface area contributed by atoms with E-state index in [9.17, 15) is 13.2 Å². The van der Waals surface area contributed by atoms with Gasteiger partial charge >= 0.3 is 0 Å². The molecule has 1 aromatic heterocycles. The van der Waals surface area contributed by atoms with Crippen molar-refractivity contribution < 1.29 is 13.2 Å². The second kappa shape index (κ2) is 7.24. The molecule has 0 atom stereocenters. The molecule has 0 saturated carbocycles. The third-order valence-electron chi connectivity index (χ3n) is 3.24. The van der Waals surface area contributed by atoms with Crippen LogP contribution in [0.5, 0.6) is 0 Å². The van der Waals surface area contributed by atoms with E-state index in [0.717, 1.165) is 19.5 Å². The molecule has 0 bridgehead atoms. The van der Waals surface area contributed by atoms with Crippen LogP contribution in [0.25, 0.3) is 0 Å². The fourth-order valence-electron chi connectivity index (χ4n) is 2.07.